The molecule has 0 heterocycles. The van der Waals surface area contributed by atoms with Gasteiger partial charge in [0.25, 0.3) is 0 Å². The fourth-order valence-electron chi connectivity index (χ4n) is 1.25. The lowest BCUT2D eigenvalue weighted by Gasteiger charge is -2.03. The normalized spacial score (nSPS) is 10.1. The second-order valence-electron chi connectivity index (χ2n) is 3.29. The molecule has 0 spiro atoms. The lowest BCUT2D eigenvalue weighted by atomic mass is 10.1. The summed E-state index contributed by atoms with van der Waals surface area (Å²) in [6.07, 6.45) is 0.438. The first-order chi connectivity index (χ1) is 7.50. The molecule has 1 rings (SSSR count). The van der Waals surface area contributed by atoms with E-state index in [9.17, 15) is 9.59 Å². The number of Topliss-reactive ketones (excluding diaryl/α,β-unsaturated/α-hetero) is 1. The number of carbonyl (C=O) groups excluding carboxylic acids is 1. The number of ketones is 1. The van der Waals surface area contributed by atoms with Gasteiger partial charge >= 0.3 is 5.97 Å². The third-order valence-corrected chi connectivity index (χ3v) is 2.59. The molecule has 16 heavy (non-hydrogen) atoms. The summed E-state index contributed by atoms with van der Waals surface area (Å²) >= 11 is 11.6. The molecule has 0 aliphatic heterocycles. The first kappa shape index (κ1) is 13.0. The smallest absolute Gasteiger partial charge is 0.303 e. The van der Waals surface area contributed by atoms with E-state index >= 15 is 0 Å². The molecular weight excluding hydrogens is 251 g/mol. The zero-order chi connectivity index (χ0) is 12.1. The standard InChI is InChI=1S/C11H10Cl2O3/c12-7-4-5-9(13)8(6-7)10(14)2-1-3-11(15)16/h4-6H,1-3H2,(H,15,16). The van der Waals surface area contributed by atoms with E-state index in [1.54, 1.807) is 12.1 Å². The van der Waals surface area contributed by atoms with E-state index in [1.165, 1.54) is 6.07 Å². The molecule has 86 valence electrons. The molecule has 1 aromatic carbocycles. The zero-order valence-corrected chi connectivity index (χ0v) is 9.88. The molecule has 0 aliphatic carbocycles. The Bertz CT molecular complexity index is 416. The molecule has 1 aromatic rings. The van der Waals surface area contributed by atoms with Crippen LogP contribution in [0.2, 0.25) is 10.0 Å². The van der Waals surface area contributed by atoms with Crippen LogP contribution in [0.1, 0.15) is 29.6 Å². The number of rotatable bonds is 5. The topological polar surface area (TPSA) is 54.4 Å². The summed E-state index contributed by atoms with van der Waals surface area (Å²) in [4.78, 5) is 21.9. The summed E-state index contributed by atoms with van der Waals surface area (Å²) in [6.45, 7) is 0. The van der Waals surface area contributed by atoms with Crippen LogP contribution in [-0.4, -0.2) is 16.9 Å². The average Bonchev–Trinajstić information content (AvgIpc) is 2.21. The summed E-state index contributed by atoms with van der Waals surface area (Å²) in [5.74, 6) is -1.10. The Labute approximate surface area is 103 Å². The molecule has 3 nitrogen and oxygen atoms in total. The fraction of sp³-hybridized carbons (Fsp3) is 0.273. The summed E-state index contributed by atoms with van der Waals surface area (Å²) in [7, 11) is 0. The molecule has 0 amide bonds. The lowest BCUT2D eigenvalue weighted by molar-refractivity contribution is -0.137. The van der Waals surface area contributed by atoms with Crippen LogP contribution >= 0.6 is 23.2 Å². The predicted octanol–water partition coefficient (Wildman–Crippen LogP) is 3.43. The third kappa shape index (κ3) is 3.83. The Morgan fingerprint density at radius 1 is 1.19 bits per heavy atom. The molecule has 0 aromatic heterocycles. The van der Waals surface area contributed by atoms with Gasteiger partial charge in [-0.25, -0.2) is 0 Å². The summed E-state index contributed by atoms with van der Waals surface area (Å²) in [5, 5.41) is 9.21. The van der Waals surface area contributed by atoms with E-state index < -0.39 is 5.97 Å². The van der Waals surface area contributed by atoms with Crippen LogP contribution in [0.4, 0.5) is 0 Å². The first-order valence-electron chi connectivity index (χ1n) is 4.70. The number of carboxylic acid groups (broad SMARTS) is 1. The zero-order valence-electron chi connectivity index (χ0n) is 8.37. The van der Waals surface area contributed by atoms with E-state index in [2.05, 4.69) is 0 Å². The van der Waals surface area contributed by atoms with Crippen LogP contribution in [0.5, 0.6) is 0 Å². The van der Waals surface area contributed by atoms with Crippen molar-refractivity contribution in [2.24, 2.45) is 0 Å². The maximum absolute atomic E-state index is 11.7. The molecule has 0 aliphatic rings. The van der Waals surface area contributed by atoms with Crippen molar-refractivity contribution < 1.29 is 14.7 Å². The molecule has 0 fully saturated rings. The molecular formula is C11H10Cl2O3. The average molecular weight is 261 g/mol. The molecule has 1 N–H and O–H groups in total. The summed E-state index contributed by atoms with van der Waals surface area (Å²) < 4.78 is 0. The van der Waals surface area contributed by atoms with Gasteiger partial charge in [-0.2, -0.15) is 0 Å². The summed E-state index contributed by atoms with van der Waals surface area (Å²) in [6, 6.07) is 4.64. The van der Waals surface area contributed by atoms with E-state index in [-0.39, 0.29) is 18.6 Å². The maximum atomic E-state index is 11.7. The number of aliphatic carboxylic acids is 1. The number of benzene rings is 1. The second kappa shape index (κ2) is 5.87. The van der Waals surface area contributed by atoms with Crippen molar-refractivity contribution in [3.8, 4) is 0 Å². The van der Waals surface area contributed by atoms with Crippen molar-refractivity contribution >= 4 is 35.0 Å². The van der Waals surface area contributed by atoms with E-state index in [0.717, 1.165) is 0 Å². The number of halogens is 2. The molecule has 0 radical (unpaired) electrons. The van der Waals surface area contributed by atoms with Gasteiger partial charge in [-0.15, -0.1) is 0 Å². The van der Waals surface area contributed by atoms with Gasteiger partial charge < -0.3 is 5.11 Å². The Morgan fingerprint density at radius 2 is 1.88 bits per heavy atom. The molecule has 0 unspecified atom stereocenters. The van der Waals surface area contributed by atoms with E-state index in [1.807, 2.05) is 0 Å². The highest BCUT2D eigenvalue weighted by molar-refractivity contribution is 6.35. The molecule has 0 atom stereocenters. The minimum atomic E-state index is -0.912. The van der Waals surface area contributed by atoms with Gasteiger partial charge in [-0.05, 0) is 24.6 Å². The van der Waals surface area contributed by atoms with Gasteiger partial charge in [0, 0.05) is 23.4 Å². The number of hydrogen-bond donors (Lipinski definition) is 1. The van der Waals surface area contributed by atoms with Crippen molar-refractivity contribution in [3.63, 3.8) is 0 Å². The minimum Gasteiger partial charge on any atom is -0.481 e. The highest BCUT2D eigenvalue weighted by Crippen LogP contribution is 2.22. The van der Waals surface area contributed by atoms with Crippen LogP contribution in [0.25, 0.3) is 0 Å². The van der Waals surface area contributed by atoms with E-state index in [0.29, 0.717) is 22.0 Å². The maximum Gasteiger partial charge on any atom is 0.303 e. The van der Waals surface area contributed by atoms with Gasteiger partial charge in [-0.3, -0.25) is 9.59 Å². The first-order valence-corrected chi connectivity index (χ1v) is 5.46. The lowest BCUT2D eigenvalue weighted by Crippen LogP contribution is -2.02. The monoisotopic (exact) mass is 260 g/mol. The third-order valence-electron chi connectivity index (χ3n) is 2.02. The van der Waals surface area contributed by atoms with Crippen molar-refractivity contribution in [2.45, 2.75) is 19.3 Å². The Morgan fingerprint density at radius 3 is 2.50 bits per heavy atom. The van der Waals surface area contributed by atoms with Crippen molar-refractivity contribution in [1.29, 1.82) is 0 Å². The number of hydrogen-bond acceptors (Lipinski definition) is 2. The highest BCUT2D eigenvalue weighted by Gasteiger charge is 2.11. The van der Waals surface area contributed by atoms with Gasteiger partial charge in [0.2, 0.25) is 0 Å². The van der Waals surface area contributed by atoms with Crippen molar-refractivity contribution in [3.05, 3.63) is 33.8 Å². The Balaban J connectivity index is 2.65. The SMILES string of the molecule is O=C(O)CCCC(=O)c1cc(Cl)ccc1Cl. The van der Waals surface area contributed by atoms with Gasteiger partial charge in [0.15, 0.2) is 5.78 Å². The van der Waals surface area contributed by atoms with Crippen LogP contribution in [0.3, 0.4) is 0 Å². The van der Waals surface area contributed by atoms with Crippen LogP contribution in [0, 0.1) is 0 Å². The largest absolute Gasteiger partial charge is 0.481 e. The predicted molar refractivity (Wildman–Crippen MR) is 62.3 cm³/mol. The Hall–Kier alpha value is -1.06. The molecule has 0 bridgehead atoms. The fourth-order valence-corrected chi connectivity index (χ4v) is 1.64. The van der Waals surface area contributed by atoms with Gasteiger partial charge in [-0.1, -0.05) is 23.2 Å². The minimum absolute atomic E-state index is 0.0239. The van der Waals surface area contributed by atoms with Gasteiger partial charge in [0.1, 0.15) is 0 Å². The second-order valence-corrected chi connectivity index (χ2v) is 4.14. The molecule has 5 heteroatoms. The molecule has 0 saturated heterocycles. The molecule has 0 saturated carbocycles. The highest BCUT2D eigenvalue weighted by atomic mass is 35.5. The number of carboxylic acids is 1. The van der Waals surface area contributed by atoms with Crippen LogP contribution in [-0.2, 0) is 4.79 Å². The van der Waals surface area contributed by atoms with Crippen LogP contribution < -0.4 is 0 Å². The van der Waals surface area contributed by atoms with Gasteiger partial charge in [0.05, 0.1) is 5.02 Å². The summed E-state index contributed by atoms with van der Waals surface area (Å²) in [5.41, 5.74) is 0.347. The van der Waals surface area contributed by atoms with E-state index in [4.69, 9.17) is 28.3 Å². The van der Waals surface area contributed by atoms with Crippen molar-refractivity contribution in [1.82, 2.24) is 0 Å². The Kier molecular flexibility index (Phi) is 4.77. The van der Waals surface area contributed by atoms with Crippen molar-refractivity contribution in [2.75, 3.05) is 0 Å². The number of carbonyl (C=O) groups is 2. The van der Waals surface area contributed by atoms with Crippen LogP contribution in [0.15, 0.2) is 18.2 Å². The quantitative estimate of drug-likeness (QED) is 0.826.